The monoisotopic (exact) mass is 268 g/mol. The van der Waals surface area contributed by atoms with Crippen molar-refractivity contribution in [3.05, 3.63) is 28.4 Å². The van der Waals surface area contributed by atoms with E-state index in [-0.39, 0.29) is 22.2 Å². The molecule has 7 heteroatoms. The minimum atomic E-state index is -1.15. The summed E-state index contributed by atoms with van der Waals surface area (Å²) in [4.78, 5) is 10.7. The molecule has 0 saturated heterocycles. The Bertz CT molecular complexity index is 636. The molecular weight excluding hydrogens is 260 g/mol. The molecule has 4 N–H and O–H groups in total. The van der Waals surface area contributed by atoms with Crippen molar-refractivity contribution < 1.29 is 20.1 Å². The van der Waals surface area contributed by atoms with E-state index in [9.17, 15) is 15.0 Å². The van der Waals surface area contributed by atoms with Crippen LogP contribution in [-0.4, -0.2) is 31.5 Å². The summed E-state index contributed by atoms with van der Waals surface area (Å²) in [7, 11) is 0. The molecule has 0 aliphatic rings. The molecule has 0 spiro atoms. The Hall–Kier alpha value is -2.21. The number of H-pyrrole nitrogens is 1. The van der Waals surface area contributed by atoms with Gasteiger partial charge in [-0.05, 0) is 24.6 Å². The molecule has 0 fully saturated rings. The first-order valence-electron chi connectivity index (χ1n) is 4.92. The van der Waals surface area contributed by atoms with E-state index in [1.165, 1.54) is 12.1 Å². The number of aromatic amines is 1. The van der Waals surface area contributed by atoms with Gasteiger partial charge in [-0.1, -0.05) is 11.6 Å². The normalized spacial score (nSPS) is 10.6. The SMILES string of the molecule is Cc1cc(O)c(O)c(Cl)c1-c1cc(C(=O)O)[nH]n1. The molecular formula is C11H9ClN2O4. The van der Waals surface area contributed by atoms with E-state index in [2.05, 4.69) is 10.2 Å². The zero-order chi connectivity index (χ0) is 13.4. The van der Waals surface area contributed by atoms with Gasteiger partial charge in [-0.25, -0.2) is 4.79 Å². The van der Waals surface area contributed by atoms with Gasteiger partial charge in [-0.3, -0.25) is 5.10 Å². The molecule has 94 valence electrons. The van der Waals surface area contributed by atoms with Gasteiger partial charge in [0.1, 0.15) is 5.69 Å². The second kappa shape index (κ2) is 4.23. The summed E-state index contributed by atoms with van der Waals surface area (Å²) >= 11 is 5.92. The van der Waals surface area contributed by atoms with Crippen LogP contribution >= 0.6 is 11.6 Å². The lowest BCUT2D eigenvalue weighted by Crippen LogP contribution is -1.95. The highest BCUT2D eigenvalue weighted by atomic mass is 35.5. The second-order valence-electron chi connectivity index (χ2n) is 3.72. The maximum atomic E-state index is 10.7. The Labute approximate surface area is 106 Å². The van der Waals surface area contributed by atoms with Gasteiger partial charge in [0.25, 0.3) is 0 Å². The quantitative estimate of drug-likeness (QED) is 0.624. The largest absolute Gasteiger partial charge is 0.504 e. The molecule has 0 bridgehead atoms. The smallest absolute Gasteiger partial charge is 0.353 e. The summed E-state index contributed by atoms with van der Waals surface area (Å²) in [6, 6.07) is 2.62. The summed E-state index contributed by atoms with van der Waals surface area (Å²) in [6.45, 7) is 1.66. The standard InChI is InChI=1S/C11H9ClN2O4/c1-4-2-7(15)10(16)9(12)8(4)5-3-6(11(17)18)14-13-5/h2-3,15-16H,1H3,(H,13,14)(H,17,18). The van der Waals surface area contributed by atoms with Crippen molar-refractivity contribution in [1.82, 2.24) is 10.2 Å². The molecule has 0 unspecified atom stereocenters. The van der Waals surface area contributed by atoms with E-state index >= 15 is 0 Å². The molecule has 0 saturated carbocycles. The van der Waals surface area contributed by atoms with Crippen molar-refractivity contribution in [1.29, 1.82) is 0 Å². The van der Waals surface area contributed by atoms with Crippen LogP contribution in [0.15, 0.2) is 12.1 Å². The predicted molar refractivity (Wildman–Crippen MR) is 64.1 cm³/mol. The van der Waals surface area contributed by atoms with Crippen LogP contribution in [0.5, 0.6) is 11.5 Å². The lowest BCUT2D eigenvalue weighted by Gasteiger charge is -2.08. The molecule has 0 aliphatic carbocycles. The third-order valence-electron chi connectivity index (χ3n) is 2.48. The Kier molecular flexibility index (Phi) is 2.88. The number of phenolic OH excluding ortho intramolecular Hbond substituents is 2. The molecule has 2 aromatic rings. The van der Waals surface area contributed by atoms with Crippen LogP contribution in [0.3, 0.4) is 0 Å². The van der Waals surface area contributed by atoms with Gasteiger partial charge in [-0.15, -0.1) is 0 Å². The number of carboxylic acid groups (broad SMARTS) is 1. The number of halogens is 1. The van der Waals surface area contributed by atoms with Crippen LogP contribution in [0.1, 0.15) is 16.1 Å². The molecule has 1 aromatic carbocycles. The molecule has 18 heavy (non-hydrogen) atoms. The fraction of sp³-hybridized carbons (Fsp3) is 0.0909. The van der Waals surface area contributed by atoms with E-state index < -0.39 is 11.7 Å². The van der Waals surface area contributed by atoms with Crippen molar-refractivity contribution >= 4 is 17.6 Å². The van der Waals surface area contributed by atoms with Crippen molar-refractivity contribution in [3.8, 4) is 22.8 Å². The fourth-order valence-electron chi connectivity index (χ4n) is 1.62. The van der Waals surface area contributed by atoms with Gasteiger partial charge in [0, 0.05) is 5.56 Å². The Morgan fingerprint density at radius 3 is 2.61 bits per heavy atom. The molecule has 0 radical (unpaired) electrons. The summed E-state index contributed by atoms with van der Waals surface area (Å²) in [5.41, 5.74) is 1.13. The summed E-state index contributed by atoms with van der Waals surface area (Å²) in [5.74, 6) is -1.95. The van der Waals surface area contributed by atoms with Crippen LogP contribution in [0.2, 0.25) is 5.02 Å². The molecule has 0 amide bonds. The third kappa shape index (κ3) is 1.86. The van der Waals surface area contributed by atoms with E-state index in [0.717, 1.165) is 0 Å². The molecule has 0 aliphatic heterocycles. The first-order valence-corrected chi connectivity index (χ1v) is 5.29. The number of aromatic nitrogens is 2. The van der Waals surface area contributed by atoms with Gasteiger partial charge in [0.05, 0.1) is 10.7 Å². The number of nitrogens with zero attached hydrogens (tertiary/aromatic N) is 1. The topological polar surface area (TPSA) is 106 Å². The van der Waals surface area contributed by atoms with Crippen LogP contribution < -0.4 is 0 Å². The number of aromatic carboxylic acids is 1. The van der Waals surface area contributed by atoms with Crippen LogP contribution in [-0.2, 0) is 0 Å². The first kappa shape index (κ1) is 12.3. The first-order chi connectivity index (χ1) is 8.41. The van der Waals surface area contributed by atoms with Crippen LogP contribution in [0.4, 0.5) is 0 Å². The van der Waals surface area contributed by atoms with Crippen LogP contribution in [0.25, 0.3) is 11.3 Å². The minimum absolute atomic E-state index is 0.0732. The zero-order valence-electron chi connectivity index (χ0n) is 9.23. The minimum Gasteiger partial charge on any atom is -0.504 e. The average molecular weight is 269 g/mol. The fourth-order valence-corrected chi connectivity index (χ4v) is 1.97. The lowest BCUT2D eigenvalue weighted by molar-refractivity contribution is 0.0690. The molecule has 0 atom stereocenters. The van der Waals surface area contributed by atoms with Crippen molar-refractivity contribution in [2.45, 2.75) is 6.92 Å². The van der Waals surface area contributed by atoms with Crippen molar-refractivity contribution in [2.24, 2.45) is 0 Å². The van der Waals surface area contributed by atoms with Gasteiger partial charge in [0.15, 0.2) is 11.5 Å². The number of carbonyl (C=O) groups is 1. The maximum absolute atomic E-state index is 10.7. The summed E-state index contributed by atoms with van der Waals surface area (Å²) < 4.78 is 0. The maximum Gasteiger partial charge on any atom is 0.353 e. The van der Waals surface area contributed by atoms with Gasteiger partial charge < -0.3 is 15.3 Å². The molecule has 1 heterocycles. The number of rotatable bonds is 2. The number of hydrogen-bond acceptors (Lipinski definition) is 4. The Morgan fingerprint density at radius 2 is 2.06 bits per heavy atom. The van der Waals surface area contributed by atoms with Crippen LogP contribution in [0, 0.1) is 6.92 Å². The van der Waals surface area contributed by atoms with E-state index in [4.69, 9.17) is 16.7 Å². The number of phenols is 2. The number of hydrogen-bond donors (Lipinski definition) is 4. The summed E-state index contributed by atoms with van der Waals surface area (Å²) in [6.07, 6.45) is 0. The molecule has 1 aromatic heterocycles. The average Bonchev–Trinajstić information content (AvgIpc) is 2.75. The highest BCUT2D eigenvalue weighted by molar-refractivity contribution is 6.35. The Morgan fingerprint density at radius 1 is 1.39 bits per heavy atom. The lowest BCUT2D eigenvalue weighted by atomic mass is 10.0. The Balaban J connectivity index is 2.63. The van der Waals surface area contributed by atoms with E-state index in [1.807, 2.05) is 0 Å². The molecule has 6 nitrogen and oxygen atoms in total. The van der Waals surface area contributed by atoms with E-state index in [0.29, 0.717) is 11.1 Å². The number of nitrogens with one attached hydrogen (secondary N) is 1. The van der Waals surface area contributed by atoms with Gasteiger partial charge in [0.2, 0.25) is 0 Å². The van der Waals surface area contributed by atoms with Crippen molar-refractivity contribution in [2.75, 3.05) is 0 Å². The third-order valence-corrected chi connectivity index (χ3v) is 2.85. The number of aromatic hydroxyl groups is 2. The summed E-state index contributed by atoms with van der Waals surface area (Å²) in [5, 5.41) is 33.8. The highest BCUT2D eigenvalue weighted by Gasteiger charge is 2.18. The number of aryl methyl sites for hydroxylation is 1. The van der Waals surface area contributed by atoms with Crippen molar-refractivity contribution in [3.63, 3.8) is 0 Å². The zero-order valence-corrected chi connectivity index (χ0v) is 9.99. The number of carboxylic acids is 1. The van der Waals surface area contributed by atoms with E-state index in [1.54, 1.807) is 6.92 Å². The highest BCUT2D eigenvalue weighted by Crippen LogP contribution is 2.42. The second-order valence-corrected chi connectivity index (χ2v) is 4.10. The number of benzene rings is 1. The molecule has 2 rings (SSSR count). The van der Waals surface area contributed by atoms with Gasteiger partial charge in [-0.2, -0.15) is 5.10 Å². The predicted octanol–water partition coefficient (Wildman–Crippen LogP) is 2.15. The van der Waals surface area contributed by atoms with Gasteiger partial charge >= 0.3 is 5.97 Å².